The van der Waals surface area contributed by atoms with Gasteiger partial charge >= 0.3 is 12.1 Å². The zero-order valence-electron chi connectivity index (χ0n) is 14.5. The number of fused-ring (bicyclic) bond motifs is 1. The Morgan fingerprint density at radius 3 is 2.54 bits per heavy atom. The van der Waals surface area contributed by atoms with Crippen LogP contribution in [-0.2, 0) is 26.9 Å². The van der Waals surface area contributed by atoms with Crippen LogP contribution in [-0.4, -0.2) is 23.5 Å². The molecule has 0 unspecified atom stereocenters. The van der Waals surface area contributed by atoms with Gasteiger partial charge in [-0.25, -0.2) is 4.98 Å². The molecule has 0 radical (unpaired) electrons. The lowest BCUT2D eigenvalue weighted by atomic mass is 10.1. The van der Waals surface area contributed by atoms with Crippen molar-refractivity contribution in [2.75, 3.05) is 11.9 Å². The van der Waals surface area contributed by atoms with Crippen molar-refractivity contribution in [3.05, 3.63) is 59.1 Å². The lowest BCUT2D eigenvalue weighted by Crippen LogP contribution is -2.22. The Kier molecular flexibility index (Phi) is 5.93. The van der Waals surface area contributed by atoms with Crippen LogP contribution in [0, 0.1) is 0 Å². The number of halogens is 3. The number of esters is 1. The fourth-order valence-corrected chi connectivity index (χ4v) is 3.45. The van der Waals surface area contributed by atoms with E-state index in [1.807, 2.05) is 24.3 Å². The van der Waals surface area contributed by atoms with Crippen LogP contribution in [0.1, 0.15) is 17.0 Å². The molecule has 0 bridgehead atoms. The molecule has 0 spiro atoms. The molecule has 1 amide bonds. The first-order valence-electron chi connectivity index (χ1n) is 8.29. The second-order valence-corrected chi connectivity index (χ2v) is 6.94. The first-order valence-corrected chi connectivity index (χ1v) is 9.11. The second kappa shape index (κ2) is 8.39. The number of thiazole rings is 1. The number of hydrogen-bond donors (Lipinski definition) is 1. The standard InChI is InChI=1S/C19H15F3N2O3S/c20-19(21,22)12-5-1-2-6-13(12)23-16(25)11-27-18(26)10-9-17-24-14-7-3-4-8-15(14)28-17/h1-8H,9-11H2,(H,23,25). The van der Waals surface area contributed by atoms with Gasteiger partial charge in [0, 0.05) is 6.42 Å². The Labute approximate surface area is 162 Å². The van der Waals surface area contributed by atoms with E-state index in [1.165, 1.54) is 23.5 Å². The molecule has 0 atom stereocenters. The number of nitrogens with zero attached hydrogens (tertiary/aromatic N) is 1. The lowest BCUT2D eigenvalue weighted by molar-refractivity contribution is -0.147. The topological polar surface area (TPSA) is 68.3 Å². The van der Waals surface area contributed by atoms with Crippen molar-refractivity contribution in [1.29, 1.82) is 0 Å². The number of para-hydroxylation sites is 2. The van der Waals surface area contributed by atoms with Crippen molar-refractivity contribution in [2.24, 2.45) is 0 Å². The van der Waals surface area contributed by atoms with Crippen molar-refractivity contribution < 1.29 is 27.5 Å². The minimum Gasteiger partial charge on any atom is -0.456 e. The van der Waals surface area contributed by atoms with Gasteiger partial charge < -0.3 is 10.1 Å². The van der Waals surface area contributed by atoms with E-state index in [9.17, 15) is 22.8 Å². The molecule has 0 saturated carbocycles. The van der Waals surface area contributed by atoms with Gasteiger partial charge in [0.2, 0.25) is 0 Å². The summed E-state index contributed by atoms with van der Waals surface area (Å²) in [5, 5.41) is 2.88. The number of anilines is 1. The summed E-state index contributed by atoms with van der Waals surface area (Å²) < 4.78 is 44.6. The largest absolute Gasteiger partial charge is 0.456 e. The van der Waals surface area contributed by atoms with Crippen molar-refractivity contribution >= 4 is 39.1 Å². The summed E-state index contributed by atoms with van der Waals surface area (Å²) >= 11 is 1.46. The van der Waals surface area contributed by atoms with Crippen LogP contribution in [0.15, 0.2) is 48.5 Å². The van der Waals surface area contributed by atoms with Gasteiger partial charge in [0.1, 0.15) is 0 Å². The number of carbonyl (C=O) groups excluding carboxylic acids is 2. The quantitative estimate of drug-likeness (QED) is 0.613. The van der Waals surface area contributed by atoms with Gasteiger partial charge in [0.15, 0.2) is 6.61 Å². The average molecular weight is 408 g/mol. The van der Waals surface area contributed by atoms with E-state index >= 15 is 0 Å². The molecule has 0 aliphatic rings. The minimum absolute atomic E-state index is 0.0201. The molecule has 146 valence electrons. The predicted molar refractivity (Wildman–Crippen MR) is 99.0 cm³/mol. The molecule has 3 rings (SSSR count). The molecule has 3 aromatic rings. The highest BCUT2D eigenvalue weighted by atomic mass is 32.1. The fraction of sp³-hybridized carbons (Fsp3) is 0.211. The van der Waals surface area contributed by atoms with Gasteiger partial charge in [0.05, 0.1) is 32.9 Å². The summed E-state index contributed by atoms with van der Waals surface area (Å²) in [6, 6.07) is 12.2. The lowest BCUT2D eigenvalue weighted by Gasteiger charge is -2.13. The third-order valence-corrected chi connectivity index (χ3v) is 4.85. The number of hydrogen-bond acceptors (Lipinski definition) is 5. The molecular formula is C19H15F3N2O3S. The summed E-state index contributed by atoms with van der Waals surface area (Å²) in [5.41, 5.74) is -0.505. The normalized spacial score (nSPS) is 11.4. The maximum atomic E-state index is 12.9. The molecule has 5 nitrogen and oxygen atoms in total. The highest BCUT2D eigenvalue weighted by molar-refractivity contribution is 7.18. The first-order chi connectivity index (χ1) is 13.3. The van der Waals surface area contributed by atoms with Crippen molar-refractivity contribution in [2.45, 2.75) is 19.0 Å². The Hall–Kier alpha value is -2.94. The molecule has 0 aliphatic heterocycles. The van der Waals surface area contributed by atoms with E-state index in [4.69, 9.17) is 4.74 Å². The van der Waals surface area contributed by atoms with Crippen LogP contribution in [0.2, 0.25) is 0 Å². The summed E-state index contributed by atoms with van der Waals surface area (Å²) in [5.74, 6) is -1.47. The van der Waals surface area contributed by atoms with E-state index in [2.05, 4.69) is 10.3 Å². The SMILES string of the molecule is O=C(COC(=O)CCc1nc2ccccc2s1)Nc1ccccc1C(F)(F)F. The molecule has 0 saturated heterocycles. The van der Waals surface area contributed by atoms with Crippen LogP contribution in [0.4, 0.5) is 18.9 Å². The van der Waals surface area contributed by atoms with Gasteiger partial charge in [-0.15, -0.1) is 11.3 Å². The Balaban J connectivity index is 1.49. The van der Waals surface area contributed by atoms with Crippen LogP contribution >= 0.6 is 11.3 Å². The fourth-order valence-electron chi connectivity index (χ4n) is 2.48. The predicted octanol–water partition coefficient (Wildman–Crippen LogP) is 4.43. The molecular weight excluding hydrogens is 393 g/mol. The Morgan fingerprint density at radius 1 is 1.07 bits per heavy atom. The third kappa shape index (κ3) is 5.07. The highest BCUT2D eigenvalue weighted by Gasteiger charge is 2.33. The maximum Gasteiger partial charge on any atom is 0.418 e. The minimum atomic E-state index is -4.60. The third-order valence-electron chi connectivity index (χ3n) is 3.75. The number of benzene rings is 2. The number of ether oxygens (including phenoxy) is 1. The zero-order chi connectivity index (χ0) is 20.1. The number of aryl methyl sites for hydroxylation is 1. The number of carbonyl (C=O) groups is 2. The summed E-state index contributed by atoms with van der Waals surface area (Å²) in [6.07, 6.45) is -4.22. The average Bonchev–Trinajstić information content (AvgIpc) is 3.07. The number of aromatic nitrogens is 1. The molecule has 1 aromatic heterocycles. The van der Waals surface area contributed by atoms with E-state index in [0.29, 0.717) is 6.42 Å². The first kappa shape index (κ1) is 19.8. The number of alkyl halides is 3. The van der Waals surface area contributed by atoms with Crippen molar-refractivity contribution in [3.8, 4) is 0 Å². The highest BCUT2D eigenvalue weighted by Crippen LogP contribution is 2.34. The van der Waals surface area contributed by atoms with Crippen molar-refractivity contribution in [1.82, 2.24) is 4.98 Å². The number of rotatable bonds is 6. The van der Waals surface area contributed by atoms with E-state index in [-0.39, 0.29) is 12.1 Å². The molecule has 1 heterocycles. The number of nitrogens with one attached hydrogen (secondary N) is 1. The Morgan fingerprint density at radius 2 is 1.79 bits per heavy atom. The van der Waals surface area contributed by atoms with Gasteiger partial charge in [-0.1, -0.05) is 24.3 Å². The second-order valence-electron chi connectivity index (χ2n) is 5.83. The molecule has 1 N–H and O–H groups in total. The molecule has 0 aliphatic carbocycles. The van der Waals surface area contributed by atoms with Crippen LogP contribution < -0.4 is 5.32 Å². The van der Waals surface area contributed by atoms with Gasteiger partial charge in [-0.05, 0) is 24.3 Å². The zero-order valence-corrected chi connectivity index (χ0v) is 15.3. The van der Waals surface area contributed by atoms with Gasteiger partial charge in [-0.3, -0.25) is 9.59 Å². The molecule has 28 heavy (non-hydrogen) atoms. The summed E-state index contributed by atoms with van der Waals surface area (Å²) in [4.78, 5) is 28.0. The van der Waals surface area contributed by atoms with E-state index < -0.39 is 30.2 Å². The number of amides is 1. The van der Waals surface area contributed by atoms with E-state index in [0.717, 1.165) is 27.4 Å². The van der Waals surface area contributed by atoms with Crippen LogP contribution in [0.5, 0.6) is 0 Å². The van der Waals surface area contributed by atoms with Gasteiger partial charge in [0.25, 0.3) is 5.91 Å². The van der Waals surface area contributed by atoms with Crippen LogP contribution in [0.25, 0.3) is 10.2 Å². The van der Waals surface area contributed by atoms with Crippen LogP contribution in [0.3, 0.4) is 0 Å². The van der Waals surface area contributed by atoms with E-state index in [1.54, 1.807) is 0 Å². The Bertz CT molecular complexity index is 968. The molecule has 2 aromatic carbocycles. The summed E-state index contributed by atoms with van der Waals surface area (Å²) in [7, 11) is 0. The van der Waals surface area contributed by atoms with Crippen molar-refractivity contribution in [3.63, 3.8) is 0 Å². The summed E-state index contributed by atoms with van der Waals surface area (Å²) in [6.45, 7) is -0.662. The monoisotopic (exact) mass is 408 g/mol. The smallest absolute Gasteiger partial charge is 0.418 e. The maximum absolute atomic E-state index is 12.9. The molecule has 9 heteroatoms. The molecule has 0 fully saturated rings. The van der Waals surface area contributed by atoms with Gasteiger partial charge in [-0.2, -0.15) is 13.2 Å².